The third kappa shape index (κ3) is 4.81. The van der Waals surface area contributed by atoms with Crippen molar-refractivity contribution < 1.29 is 18.7 Å². The number of rotatable bonds is 7. The summed E-state index contributed by atoms with van der Waals surface area (Å²) in [5.74, 6) is -0.654. The van der Waals surface area contributed by atoms with Crippen LogP contribution in [0.3, 0.4) is 0 Å². The van der Waals surface area contributed by atoms with Gasteiger partial charge < -0.3 is 9.47 Å². The van der Waals surface area contributed by atoms with Crippen LogP contribution in [0.25, 0.3) is 0 Å². The molecule has 1 unspecified atom stereocenters. The van der Waals surface area contributed by atoms with Crippen LogP contribution in [-0.4, -0.2) is 31.3 Å². The summed E-state index contributed by atoms with van der Waals surface area (Å²) in [6.45, 7) is 7.56. The Morgan fingerprint density at radius 3 is 2.70 bits per heavy atom. The Balaban J connectivity index is 2.70. The van der Waals surface area contributed by atoms with E-state index in [1.54, 1.807) is 32.0 Å². The van der Waals surface area contributed by atoms with Crippen molar-refractivity contribution in [3.8, 4) is 5.75 Å². The molecule has 0 saturated heterocycles. The van der Waals surface area contributed by atoms with Crippen molar-refractivity contribution in [2.45, 2.75) is 39.8 Å². The van der Waals surface area contributed by atoms with Gasteiger partial charge >= 0.3 is 5.97 Å². The Hall–Kier alpha value is -1.62. The molecular weight excluding hydrogens is 261 g/mol. The topological polar surface area (TPSA) is 47.6 Å². The molecule has 4 nitrogen and oxygen atoms in total. The van der Waals surface area contributed by atoms with E-state index < -0.39 is 17.8 Å². The van der Waals surface area contributed by atoms with Crippen LogP contribution in [0.2, 0.25) is 0 Å². The second-order valence-corrected chi connectivity index (χ2v) is 4.82. The average Bonchev–Trinajstić information content (AvgIpc) is 2.38. The molecular formula is C15H22FNO3. The number of carbonyl (C=O) groups is 1. The Labute approximate surface area is 119 Å². The largest absolute Gasteiger partial charge is 0.488 e. The third-order valence-corrected chi connectivity index (χ3v) is 2.67. The number of ether oxygens (including phenoxy) is 2. The zero-order valence-electron chi connectivity index (χ0n) is 12.4. The minimum atomic E-state index is -0.616. The van der Waals surface area contributed by atoms with E-state index >= 15 is 0 Å². The van der Waals surface area contributed by atoms with Crippen molar-refractivity contribution >= 4 is 5.97 Å². The van der Waals surface area contributed by atoms with Gasteiger partial charge in [-0.2, -0.15) is 0 Å². The third-order valence-electron chi connectivity index (χ3n) is 2.67. The second-order valence-electron chi connectivity index (χ2n) is 4.82. The molecule has 20 heavy (non-hydrogen) atoms. The molecule has 1 rings (SSSR count). The number of carbonyl (C=O) groups excluding carboxylic acids is 1. The van der Waals surface area contributed by atoms with Gasteiger partial charge in [0.25, 0.3) is 0 Å². The zero-order valence-corrected chi connectivity index (χ0v) is 12.4. The molecule has 1 aromatic rings. The summed E-state index contributed by atoms with van der Waals surface area (Å²) in [7, 11) is 0. The van der Waals surface area contributed by atoms with Gasteiger partial charge in [0.2, 0.25) is 0 Å². The molecule has 1 atom stereocenters. The smallest absolute Gasteiger partial charge is 0.326 e. The van der Waals surface area contributed by atoms with E-state index in [9.17, 15) is 9.18 Å². The van der Waals surface area contributed by atoms with E-state index in [-0.39, 0.29) is 18.4 Å². The van der Waals surface area contributed by atoms with Gasteiger partial charge in [-0.05, 0) is 25.5 Å². The van der Waals surface area contributed by atoms with E-state index in [1.165, 1.54) is 0 Å². The average molecular weight is 283 g/mol. The first kappa shape index (κ1) is 16.4. The van der Waals surface area contributed by atoms with Crippen LogP contribution in [0.15, 0.2) is 18.2 Å². The van der Waals surface area contributed by atoms with Crippen LogP contribution in [0, 0.1) is 12.7 Å². The Kier molecular flexibility index (Phi) is 6.45. The van der Waals surface area contributed by atoms with Gasteiger partial charge in [0.1, 0.15) is 12.6 Å². The maximum Gasteiger partial charge on any atom is 0.326 e. The Morgan fingerprint density at radius 1 is 1.40 bits per heavy atom. The van der Waals surface area contributed by atoms with Crippen molar-refractivity contribution in [3.63, 3.8) is 0 Å². The molecule has 112 valence electrons. The summed E-state index contributed by atoms with van der Waals surface area (Å²) in [4.78, 5) is 11.8. The van der Waals surface area contributed by atoms with E-state index in [0.29, 0.717) is 12.2 Å². The van der Waals surface area contributed by atoms with Crippen LogP contribution >= 0.6 is 0 Å². The summed E-state index contributed by atoms with van der Waals surface area (Å²) >= 11 is 0. The lowest BCUT2D eigenvalue weighted by Gasteiger charge is -2.20. The van der Waals surface area contributed by atoms with Crippen LogP contribution in [0.1, 0.15) is 26.3 Å². The van der Waals surface area contributed by atoms with E-state index in [2.05, 4.69) is 5.32 Å². The quantitative estimate of drug-likeness (QED) is 0.781. The lowest BCUT2D eigenvalue weighted by atomic mass is 10.2. The summed E-state index contributed by atoms with van der Waals surface area (Å²) < 4.78 is 24.2. The SMILES string of the molecule is CCOC(=O)C(COc1cccc(C)c1F)NC(C)C. The van der Waals surface area contributed by atoms with Crippen molar-refractivity contribution in [2.75, 3.05) is 13.2 Å². The monoisotopic (exact) mass is 283 g/mol. The zero-order chi connectivity index (χ0) is 15.1. The van der Waals surface area contributed by atoms with Gasteiger partial charge in [-0.25, -0.2) is 4.39 Å². The number of halogens is 1. The molecule has 1 N–H and O–H groups in total. The minimum Gasteiger partial charge on any atom is -0.488 e. The number of hydrogen-bond donors (Lipinski definition) is 1. The standard InChI is InChI=1S/C15H22FNO3/c1-5-19-15(18)12(17-10(2)3)9-20-13-8-6-7-11(4)14(13)16/h6-8,10,12,17H,5,9H2,1-4H3. The Morgan fingerprint density at radius 2 is 2.10 bits per heavy atom. The molecule has 0 aromatic heterocycles. The summed E-state index contributed by atoms with van der Waals surface area (Å²) in [5.41, 5.74) is 0.506. The highest BCUT2D eigenvalue weighted by atomic mass is 19.1. The lowest BCUT2D eigenvalue weighted by molar-refractivity contribution is -0.146. The van der Waals surface area contributed by atoms with Gasteiger partial charge in [-0.15, -0.1) is 0 Å². The number of hydrogen-bond acceptors (Lipinski definition) is 4. The maximum absolute atomic E-state index is 13.8. The number of aryl methyl sites for hydroxylation is 1. The van der Waals surface area contributed by atoms with Crippen LogP contribution in [0.4, 0.5) is 4.39 Å². The van der Waals surface area contributed by atoms with Gasteiger partial charge in [0.15, 0.2) is 11.6 Å². The molecule has 0 saturated carbocycles. The lowest BCUT2D eigenvalue weighted by Crippen LogP contribution is -2.45. The highest BCUT2D eigenvalue weighted by Crippen LogP contribution is 2.19. The van der Waals surface area contributed by atoms with Gasteiger partial charge in [0, 0.05) is 6.04 Å². The van der Waals surface area contributed by atoms with Crippen LogP contribution < -0.4 is 10.1 Å². The number of benzene rings is 1. The summed E-state index contributed by atoms with van der Waals surface area (Å²) in [5, 5.41) is 3.05. The van der Waals surface area contributed by atoms with Crippen molar-refractivity contribution in [1.82, 2.24) is 5.32 Å². The number of esters is 1. The highest BCUT2D eigenvalue weighted by Gasteiger charge is 2.22. The van der Waals surface area contributed by atoms with E-state index in [0.717, 1.165) is 0 Å². The summed E-state index contributed by atoms with van der Waals surface area (Å²) in [6, 6.07) is 4.39. The van der Waals surface area contributed by atoms with Crippen molar-refractivity contribution in [3.05, 3.63) is 29.6 Å². The predicted molar refractivity (Wildman–Crippen MR) is 75.3 cm³/mol. The molecule has 5 heteroatoms. The van der Waals surface area contributed by atoms with Gasteiger partial charge in [-0.1, -0.05) is 26.0 Å². The minimum absolute atomic E-state index is 0.0252. The molecule has 0 radical (unpaired) electrons. The Bertz CT molecular complexity index is 449. The molecule has 0 fully saturated rings. The molecule has 0 aliphatic rings. The second kappa shape index (κ2) is 7.85. The van der Waals surface area contributed by atoms with Crippen molar-refractivity contribution in [1.29, 1.82) is 0 Å². The first-order valence-corrected chi connectivity index (χ1v) is 6.76. The fraction of sp³-hybridized carbons (Fsp3) is 0.533. The fourth-order valence-corrected chi connectivity index (χ4v) is 1.73. The first-order valence-electron chi connectivity index (χ1n) is 6.76. The molecule has 0 bridgehead atoms. The van der Waals surface area contributed by atoms with E-state index in [1.807, 2.05) is 13.8 Å². The first-order chi connectivity index (χ1) is 9.45. The normalized spacial score (nSPS) is 12.3. The van der Waals surface area contributed by atoms with E-state index in [4.69, 9.17) is 9.47 Å². The summed E-state index contributed by atoms with van der Waals surface area (Å²) in [6.07, 6.45) is 0. The fourth-order valence-electron chi connectivity index (χ4n) is 1.73. The highest BCUT2D eigenvalue weighted by molar-refractivity contribution is 5.76. The van der Waals surface area contributed by atoms with Crippen LogP contribution in [0.5, 0.6) is 5.75 Å². The molecule has 0 amide bonds. The van der Waals surface area contributed by atoms with Gasteiger partial charge in [-0.3, -0.25) is 10.1 Å². The van der Waals surface area contributed by atoms with Crippen molar-refractivity contribution in [2.24, 2.45) is 0 Å². The molecule has 1 aromatic carbocycles. The van der Waals surface area contributed by atoms with Crippen LogP contribution in [-0.2, 0) is 9.53 Å². The predicted octanol–water partition coefficient (Wildman–Crippen LogP) is 2.44. The molecule has 0 aliphatic heterocycles. The molecule has 0 spiro atoms. The molecule has 0 heterocycles. The maximum atomic E-state index is 13.8. The molecule has 0 aliphatic carbocycles. The number of nitrogens with one attached hydrogen (secondary N) is 1. The van der Waals surface area contributed by atoms with Gasteiger partial charge in [0.05, 0.1) is 6.61 Å².